The van der Waals surface area contributed by atoms with E-state index in [0.29, 0.717) is 11.8 Å². The van der Waals surface area contributed by atoms with Crippen LogP contribution in [0, 0.1) is 6.92 Å². The van der Waals surface area contributed by atoms with Gasteiger partial charge in [-0.3, -0.25) is 0 Å². The average molecular weight is 358 g/mol. The minimum absolute atomic E-state index is 0.0710. The molecule has 20 heavy (non-hydrogen) atoms. The summed E-state index contributed by atoms with van der Waals surface area (Å²) in [5, 5.41) is 3.25. The number of hydrogen-bond acceptors (Lipinski definition) is 6. The second-order valence-corrected chi connectivity index (χ2v) is 6.54. The lowest BCUT2D eigenvalue weighted by Crippen LogP contribution is -2.19. The zero-order chi connectivity index (χ0) is 14.7. The summed E-state index contributed by atoms with van der Waals surface area (Å²) in [7, 11) is 5.02. The van der Waals surface area contributed by atoms with Gasteiger partial charge in [0, 0.05) is 4.88 Å². The molecule has 0 aromatic carbocycles. The summed E-state index contributed by atoms with van der Waals surface area (Å²) in [5.74, 6) is 0.898. The van der Waals surface area contributed by atoms with Crippen molar-refractivity contribution >= 4 is 27.3 Å². The largest absolute Gasteiger partial charge is 0.480 e. The molecule has 108 valence electrons. The first-order valence-corrected chi connectivity index (χ1v) is 7.59. The van der Waals surface area contributed by atoms with Crippen molar-refractivity contribution in [2.24, 2.45) is 0 Å². The van der Waals surface area contributed by atoms with Crippen LogP contribution in [0.25, 0.3) is 0 Å². The smallest absolute Gasteiger partial charge is 0.240 e. The van der Waals surface area contributed by atoms with Gasteiger partial charge in [-0.15, -0.1) is 11.3 Å². The molecule has 1 N–H and O–H groups in total. The van der Waals surface area contributed by atoms with E-state index in [1.807, 2.05) is 7.05 Å². The molecule has 0 aliphatic rings. The van der Waals surface area contributed by atoms with Crippen molar-refractivity contribution in [1.82, 2.24) is 15.3 Å². The van der Waals surface area contributed by atoms with Gasteiger partial charge in [-0.05, 0) is 41.5 Å². The van der Waals surface area contributed by atoms with Crippen molar-refractivity contribution in [3.8, 4) is 11.8 Å². The minimum Gasteiger partial charge on any atom is -0.480 e. The lowest BCUT2D eigenvalue weighted by atomic mass is 10.1. The van der Waals surface area contributed by atoms with Gasteiger partial charge in [-0.1, -0.05) is 0 Å². The highest BCUT2D eigenvalue weighted by Crippen LogP contribution is 2.36. The monoisotopic (exact) mass is 357 g/mol. The SMILES string of the molecule is CNC(c1cc(C)c(Br)s1)c1ncc(OC)nc1OC. The van der Waals surface area contributed by atoms with Crippen molar-refractivity contribution in [3.05, 3.63) is 32.2 Å². The predicted octanol–water partition coefficient (Wildman–Crippen LogP) is 2.94. The van der Waals surface area contributed by atoms with Crippen LogP contribution in [0.4, 0.5) is 0 Å². The second kappa shape index (κ2) is 6.51. The Morgan fingerprint density at radius 3 is 2.60 bits per heavy atom. The van der Waals surface area contributed by atoms with Crippen LogP contribution < -0.4 is 14.8 Å². The van der Waals surface area contributed by atoms with Gasteiger partial charge in [-0.2, -0.15) is 4.98 Å². The van der Waals surface area contributed by atoms with Gasteiger partial charge in [0.15, 0.2) is 0 Å². The van der Waals surface area contributed by atoms with E-state index in [-0.39, 0.29) is 6.04 Å². The zero-order valence-corrected chi connectivity index (χ0v) is 14.1. The first-order chi connectivity index (χ1) is 9.60. The Balaban J connectivity index is 2.46. The van der Waals surface area contributed by atoms with Crippen LogP contribution in [0.2, 0.25) is 0 Å². The molecule has 0 saturated carbocycles. The van der Waals surface area contributed by atoms with Crippen LogP contribution in [-0.4, -0.2) is 31.2 Å². The quantitative estimate of drug-likeness (QED) is 0.891. The predicted molar refractivity (Wildman–Crippen MR) is 82.8 cm³/mol. The lowest BCUT2D eigenvalue weighted by Gasteiger charge is -2.16. The number of thiophene rings is 1. The van der Waals surface area contributed by atoms with Crippen molar-refractivity contribution in [3.63, 3.8) is 0 Å². The normalized spacial score (nSPS) is 12.2. The first kappa shape index (κ1) is 15.2. The average Bonchev–Trinajstić information content (AvgIpc) is 2.79. The fraction of sp³-hybridized carbons (Fsp3) is 0.385. The zero-order valence-electron chi connectivity index (χ0n) is 11.7. The molecule has 5 nitrogen and oxygen atoms in total. The van der Waals surface area contributed by atoms with Gasteiger partial charge in [0.25, 0.3) is 0 Å². The Hall–Kier alpha value is -1.18. The maximum Gasteiger partial charge on any atom is 0.240 e. The summed E-state index contributed by atoms with van der Waals surface area (Å²) in [6.45, 7) is 2.06. The van der Waals surface area contributed by atoms with Crippen LogP contribution in [0.15, 0.2) is 16.0 Å². The summed E-state index contributed by atoms with van der Waals surface area (Å²) < 4.78 is 11.5. The molecule has 0 aliphatic carbocycles. The van der Waals surface area contributed by atoms with Crippen LogP contribution in [0.1, 0.15) is 22.2 Å². The standard InChI is InChI=1S/C13H16BrN3O2S/c1-7-5-8(20-12(7)14)10(15-2)11-13(19-4)17-9(18-3)6-16-11/h5-6,10,15H,1-4H3. The molecule has 0 saturated heterocycles. The second-order valence-electron chi connectivity index (χ2n) is 4.13. The van der Waals surface area contributed by atoms with E-state index in [0.717, 1.165) is 14.4 Å². The van der Waals surface area contributed by atoms with Gasteiger partial charge in [0.2, 0.25) is 11.8 Å². The highest BCUT2D eigenvalue weighted by Gasteiger charge is 2.22. The molecule has 1 atom stereocenters. The van der Waals surface area contributed by atoms with Gasteiger partial charge in [-0.25, -0.2) is 4.98 Å². The number of ether oxygens (including phenoxy) is 2. The van der Waals surface area contributed by atoms with Crippen LogP contribution in [0.3, 0.4) is 0 Å². The van der Waals surface area contributed by atoms with Crippen molar-refractivity contribution in [2.75, 3.05) is 21.3 Å². The molecule has 0 spiro atoms. The number of aromatic nitrogens is 2. The molecular weight excluding hydrogens is 342 g/mol. The van der Waals surface area contributed by atoms with Crippen LogP contribution in [0.5, 0.6) is 11.8 Å². The summed E-state index contributed by atoms with van der Waals surface area (Å²) in [5.41, 5.74) is 1.94. The van der Waals surface area contributed by atoms with Crippen molar-refractivity contribution < 1.29 is 9.47 Å². The van der Waals surface area contributed by atoms with E-state index >= 15 is 0 Å². The van der Waals surface area contributed by atoms with E-state index in [4.69, 9.17) is 9.47 Å². The molecule has 2 heterocycles. The summed E-state index contributed by atoms with van der Waals surface area (Å²) in [4.78, 5) is 9.85. The molecule has 0 radical (unpaired) electrons. The molecule has 1 unspecified atom stereocenters. The molecule has 2 aromatic heterocycles. The summed E-state index contributed by atoms with van der Waals surface area (Å²) >= 11 is 5.22. The topological polar surface area (TPSA) is 56.3 Å². The number of halogens is 1. The van der Waals surface area contributed by atoms with E-state index in [2.05, 4.69) is 44.2 Å². The summed E-state index contributed by atoms with van der Waals surface area (Å²) in [6.07, 6.45) is 1.59. The van der Waals surface area contributed by atoms with Gasteiger partial charge in [0.1, 0.15) is 5.69 Å². The Morgan fingerprint density at radius 1 is 1.35 bits per heavy atom. The molecular formula is C13H16BrN3O2S. The highest BCUT2D eigenvalue weighted by molar-refractivity contribution is 9.11. The van der Waals surface area contributed by atoms with Gasteiger partial charge in [0.05, 0.1) is 30.2 Å². The van der Waals surface area contributed by atoms with Gasteiger partial charge >= 0.3 is 0 Å². The third kappa shape index (κ3) is 2.94. The molecule has 0 bridgehead atoms. The van der Waals surface area contributed by atoms with E-state index in [9.17, 15) is 0 Å². The molecule has 2 aromatic rings. The van der Waals surface area contributed by atoms with Crippen molar-refractivity contribution in [1.29, 1.82) is 0 Å². The Bertz CT molecular complexity index is 584. The molecule has 7 heteroatoms. The fourth-order valence-electron chi connectivity index (χ4n) is 1.85. The maximum atomic E-state index is 5.33. The lowest BCUT2D eigenvalue weighted by molar-refractivity contribution is 0.353. The number of rotatable bonds is 5. The Kier molecular flexibility index (Phi) is 4.95. The number of methoxy groups -OCH3 is 2. The van der Waals surface area contributed by atoms with E-state index < -0.39 is 0 Å². The first-order valence-electron chi connectivity index (χ1n) is 5.98. The number of aryl methyl sites for hydroxylation is 1. The summed E-state index contributed by atoms with van der Waals surface area (Å²) in [6, 6.07) is 2.06. The number of nitrogens with zero attached hydrogens (tertiary/aromatic N) is 2. The minimum atomic E-state index is -0.0710. The fourth-order valence-corrected chi connectivity index (χ4v) is 3.54. The molecule has 0 fully saturated rings. The number of hydrogen-bond donors (Lipinski definition) is 1. The van der Waals surface area contributed by atoms with Crippen LogP contribution >= 0.6 is 27.3 Å². The van der Waals surface area contributed by atoms with E-state index in [1.54, 1.807) is 31.8 Å². The van der Waals surface area contributed by atoms with Gasteiger partial charge < -0.3 is 14.8 Å². The Morgan fingerprint density at radius 2 is 2.10 bits per heavy atom. The maximum absolute atomic E-state index is 5.33. The molecule has 2 rings (SSSR count). The number of nitrogens with one attached hydrogen (secondary N) is 1. The molecule has 0 aliphatic heterocycles. The third-order valence-electron chi connectivity index (χ3n) is 2.87. The highest BCUT2D eigenvalue weighted by atomic mass is 79.9. The van der Waals surface area contributed by atoms with Crippen molar-refractivity contribution in [2.45, 2.75) is 13.0 Å². The third-order valence-corrected chi connectivity index (χ3v) is 5.07. The molecule has 0 amide bonds. The Labute approximate surface area is 130 Å². The van der Waals surface area contributed by atoms with E-state index in [1.165, 1.54) is 5.56 Å². The van der Waals surface area contributed by atoms with Crippen LogP contribution in [-0.2, 0) is 0 Å².